The number of carbonyl (C=O) groups excluding carboxylic acids is 1. The molecule has 3 amide bonds. The average Bonchev–Trinajstić information content (AvgIpc) is 3.67. The summed E-state index contributed by atoms with van der Waals surface area (Å²) in [6, 6.07) is 12.1. The van der Waals surface area contributed by atoms with Gasteiger partial charge >= 0.3 is 12.1 Å². The Kier molecular flexibility index (Phi) is 12.5. The third-order valence-electron chi connectivity index (χ3n) is 9.03. The number of sulfonamides is 1. The molecule has 1 unspecified atom stereocenters. The van der Waals surface area contributed by atoms with Gasteiger partial charge in [-0.3, -0.25) is 4.90 Å². The van der Waals surface area contributed by atoms with E-state index in [2.05, 4.69) is 15.4 Å². The second-order valence-corrected chi connectivity index (χ2v) is 14.6. The monoisotopic (exact) mass is 676 g/mol. The van der Waals surface area contributed by atoms with Crippen molar-refractivity contribution in [2.75, 3.05) is 33.9 Å². The van der Waals surface area contributed by atoms with Crippen LogP contribution in [-0.2, 0) is 25.9 Å². The molecule has 0 saturated carbocycles. The summed E-state index contributed by atoms with van der Waals surface area (Å²) in [5.74, 6) is 0.273. The first-order chi connectivity index (χ1) is 22.3. The molecule has 14 heteroatoms. The van der Waals surface area contributed by atoms with Crippen LogP contribution in [0.15, 0.2) is 59.5 Å². The molecule has 47 heavy (non-hydrogen) atoms. The van der Waals surface area contributed by atoms with Gasteiger partial charge in [0.2, 0.25) is 10.0 Å². The van der Waals surface area contributed by atoms with E-state index in [1.54, 1.807) is 0 Å². The smallest absolute Gasteiger partial charge is 0.407 e. The number of hydrogen-bond donors (Lipinski definition) is 5. The number of aliphatic hydroxyl groups is 1. The number of carbonyl (C=O) groups is 2. The van der Waals surface area contributed by atoms with Gasteiger partial charge in [-0.15, -0.1) is 0 Å². The Bertz CT molecular complexity index is 1430. The van der Waals surface area contributed by atoms with E-state index >= 15 is 0 Å². The molecule has 0 spiro atoms. The highest BCUT2D eigenvalue weighted by Gasteiger charge is 2.50. The van der Waals surface area contributed by atoms with Crippen LogP contribution in [-0.4, -0.2) is 100 Å². The van der Waals surface area contributed by atoms with Gasteiger partial charge in [0.05, 0.1) is 49.4 Å². The lowest BCUT2D eigenvalue weighted by molar-refractivity contribution is -0.0907. The van der Waals surface area contributed by atoms with Gasteiger partial charge in [0.25, 0.3) is 0 Å². The summed E-state index contributed by atoms with van der Waals surface area (Å²) < 4.78 is 47.0. The van der Waals surface area contributed by atoms with Crippen molar-refractivity contribution in [1.29, 1.82) is 0 Å². The third kappa shape index (κ3) is 9.57. The lowest BCUT2D eigenvalue weighted by Gasteiger charge is -2.42. The van der Waals surface area contributed by atoms with E-state index in [4.69, 9.17) is 14.2 Å². The lowest BCUT2D eigenvalue weighted by Crippen LogP contribution is -2.60. The highest BCUT2D eigenvalue weighted by molar-refractivity contribution is 7.89. The molecule has 2 aromatic carbocycles. The van der Waals surface area contributed by atoms with E-state index in [9.17, 15) is 28.2 Å². The van der Waals surface area contributed by atoms with Crippen molar-refractivity contribution in [3.8, 4) is 5.75 Å². The Balaban J connectivity index is 1.69. The van der Waals surface area contributed by atoms with E-state index in [0.29, 0.717) is 38.2 Å². The number of amides is 3. The highest BCUT2D eigenvalue weighted by atomic mass is 32.2. The fourth-order valence-electron chi connectivity index (χ4n) is 6.58. The number of hydrogen-bond acceptors (Lipinski definition) is 8. The van der Waals surface area contributed by atoms with Crippen LogP contribution in [0.4, 0.5) is 9.59 Å². The molecule has 0 aromatic heterocycles. The Labute approximate surface area is 277 Å². The molecule has 260 valence electrons. The minimum atomic E-state index is -4.17. The Morgan fingerprint density at radius 1 is 1.11 bits per heavy atom. The first-order valence-corrected chi connectivity index (χ1v) is 17.4. The lowest BCUT2D eigenvalue weighted by atomic mass is 9.78. The number of carboxylic acid groups (broad SMARTS) is 1. The summed E-state index contributed by atoms with van der Waals surface area (Å²) in [5, 5.41) is 28.2. The Hall–Kier alpha value is -3.43. The molecule has 5 N–H and O–H groups in total. The van der Waals surface area contributed by atoms with E-state index in [1.165, 1.54) is 43.3 Å². The number of nitrogens with one attached hydrogen (secondary N) is 3. The third-order valence-corrected chi connectivity index (χ3v) is 10.5. The molecule has 6 atom stereocenters. The van der Waals surface area contributed by atoms with Crippen LogP contribution in [0.3, 0.4) is 0 Å². The number of fused-ring (bicyclic) bond motifs is 1. The van der Waals surface area contributed by atoms with Crippen LogP contribution in [0, 0.1) is 11.3 Å². The molecule has 2 fully saturated rings. The topological polar surface area (TPSA) is 176 Å². The number of methoxy groups -OCH3 is 1. The maximum Gasteiger partial charge on any atom is 0.407 e. The zero-order chi connectivity index (χ0) is 34.2. The van der Waals surface area contributed by atoms with Crippen molar-refractivity contribution in [2.45, 2.75) is 81.4 Å². The van der Waals surface area contributed by atoms with E-state index in [0.717, 1.165) is 5.56 Å². The molecule has 0 bridgehead atoms. The number of urea groups is 1. The number of rotatable bonds is 16. The molecular formula is C33H48N4O9S. The van der Waals surface area contributed by atoms with E-state index in [-0.39, 0.29) is 36.3 Å². The number of nitrogens with zero attached hydrogens (tertiary/aromatic N) is 1. The van der Waals surface area contributed by atoms with Crippen molar-refractivity contribution in [1.82, 2.24) is 20.3 Å². The molecule has 2 saturated heterocycles. The predicted molar refractivity (Wildman–Crippen MR) is 175 cm³/mol. The predicted octanol–water partition coefficient (Wildman–Crippen LogP) is 3.18. The van der Waals surface area contributed by atoms with Crippen molar-refractivity contribution in [3.63, 3.8) is 0 Å². The number of benzene rings is 2. The molecule has 2 aromatic rings. The highest BCUT2D eigenvalue weighted by Crippen LogP contribution is 2.37. The quantitative estimate of drug-likeness (QED) is 0.167. The van der Waals surface area contributed by atoms with Crippen LogP contribution < -0.4 is 20.1 Å². The average molecular weight is 677 g/mol. The summed E-state index contributed by atoms with van der Waals surface area (Å²) in [6.45, 7) is 4.87. The fourth-order valence-corrected chi connectivity index (χ4v) is 7.83. The van der Waals surface area contributed by atoms with Crippen molar-refractivity contribution < 1.29 is 42.4 Å². The maximum absolute atomic E-state index is 13.8. The van der Waals surface area contributed by atoms with Gasteiger partial charge in [-0.05, 0) is 67.3 Å². The van der Waals surface area contributed by atoms with Crippen LogP contribution in [0.5, 0.6) is 5.75 Å². The standard InChI is InChI=1S/C33H48N4O9S/c1-33(2,16-8-17-35-31(39)34-3)20-26(36-47(42,43)24-13-11-23(44-4)12-14-24)29(38)27(19-22-9-6-5-7-10-22)37(32(40)41)28-21-46-30-25(28)15-18-45-30/h5-7,9-14,25-30,36,38H,8,15-21H2,1-4H3,(H,40,41)(H2,34,35,39)/t25-,26+,27+,28?,29+,30+/m1/s1. The second-order valence-electron chi connectivity index (χ2n) is 12.9. The van der Waals surface area contributed by atoms with Crippen molar-refractivity contribution >= 4 is 22.1 Å². The van der Waals surface area contributed by atoms with Gasteiger partial charge in [0.1, 0.15) is 5.75 Å². The molecule has 2 aliphatic rings. The van der Waals surface area contributed by atoms with Gasteiger partial charge in [-0.2, -0.15) is 0 Å². The first-order valence-electron chi connectivity index (χ1n) is 15.9. The Morgan fingerprint density at radius 3 is 2.45 bits per heavy atom. The summed E-state index contributed by atoms with van der Waals surface area (Å²) in [5.41, 5.74) is 0.266. The minimum Gasteiger partial charge on any atom is -0.497 e. The molecule has 2 aliphatic heterocycles. The van der Waals surface area contributed by atoms with Crippen molar-refractivity contribution in [3.05, 3.63) is 60.2 Å². The summed E-state index contributed by atoms with van der Waals surface area (Å²) >= 11 is 0. The second kappa shape index (κ2) is 16.1. The summed E-state index contributed by atoms with van der Waals surface area (Å²) in [7, 11) is -1.15. The minimum absolute atomic E-state index is 0.0204. The van der Waals surface area contributed by atoms with Gasteiger partial charge in [-0.1, -0.05) is 44.2 Å². The fraction of sp³-hybridized carbons (Fsp3) is 0.576. The SMILES string of the molecule is CNC(=O)NCCCC(C)(C)C[C@H](NS(=O)(=O)c1ccc(OC)cc1)[C@H](O)[C@H](Cc1ccccc1)N(C(=O)O)C1CO[C@@H]2OCC[C@H]12. The van der Waals surface area contributed by atoms with Gasteiger partial charge < -0.3 is 35.1 Å². The van der Waals surface area contributed by atoms with Gasteiger partial charge in [0.15, 0.2) is 6.29 Å². The number of aliphatic hydroxyl groups excluding tert-OH is 1. The van der Waals surface area contributed by atoms with Crippen molar-refractivity contribution in [2.24, 2.45) is 11.3 Å². The zero-order valence-electron chi connectivity index (χ0n) is 27.4. The maximum atomic E-state index is 13.8. The molecule has 0 radical (unpaired) electrons. The van der Waals surface area contributed by atoms with Gasteiger partial charge in [-0.25, -0.2) is 22.7 Å². The summed E-state index contributed by atoms with van der Waals surface area (Å²) in [4.78, 5) is 26.0. The van der Waals surface area contributed by atoms with E-state index in [1.807, 2.05) is 44.2 Å². The number of ether oxygens (including phenoxy) is 3. The van der Waals surface area contributed by atoms with E-state index < -0.39 is 52.1 Å². The molecule has 2 heterocycles. The normalized spacial score (nSPS) is 21.3. The summed E-state index contributed by atoms with van der Waals surface area (Å²) in [6.07, 6.45) is -1.09. The Morgan fingerprint density at radius 2 is 1.81 bits per heavy atom. The van der Waals surface area contributed by atoms with Crippen LogP contribution in [0.2, 0.25) is 0 Å². The molecular weight excluding hydrogens is 628 g/mol. The van der Waals surface area contributed by atoms with Crippen LogP contribution in [0.25, 0.3) is 0 Å². The van der Waals surface area contributed by atoms with Crippen LogP contribution >= 0.6 is 0 Å². The van der Waals surface area contributed by atoms with Crippen LogP contribution in [0.1, 0.15) is 45.1 Å². The zero-order valence-corrected chi connectivity index (χ0v) is 28.2. The van der Waals surface area contributed by atoms with Gasteiger partial charge in [0, 0.05) is 19.5 Å². The molecule has 4 rings (SSSR count). The molecule has 0 aliphatic carbocycles. The first kappa shape index (κ1) is 36.4. The molecule has 13 nitrogen and oxygen atoms in total. The largest absolute Gasteiger partial charge is 0.497 e.